The van der Waals surface area contributed by atoms with Crippen LogP contribution in [-0.2, 0) is 16.0 Å². The number of aliphatic hydroxyl groups excluding tert-OH is 1. The van der Waals surface area contributed by atoms with Gasteiger partial charge in [-0.1, -0.05) is 80.0 Å². The monoisotopic (exact) mass is 459 g/mol. The molecule has 0 bridgehead atoms. The van der Waals surface area contributed by atoms with Crippen molar-refractivity contribution >= 4 is 29.1 Å². The predicted molar refractivity (Wildman–Crippen MR) is 131 cm³/mol. The van der Waals surface area contributed by atoms with E-state index < -0.39 is 17.7 Å². The molecule has 0 aliphatic carbocycles. The molecule has 1 saturated heterocycles. The summed E-state index contributed by atoms with van der Waals surface area (Å²) in [5.41, 5.74) is 3.59. The molecule has 4 nitrogen and oxygen atoms in total. The number of carbonyl (C=O) groups is 2. The van der Waals surface area contributed by atoms with Gasteiger partial charge in [0.05, 0.1) is 11.6 Å². The number of hydrogen-bond acceptors (Lipinski definition) is 3. The van der Waals surface area contributed by atoms with E-state index in [2.05, 4.69) is 13.8 Å². The number of amides is 1. The molecule has 168 valence electrons. The van der Waals surface area contributed by atoms with Crippen molar-refractivity contribution in [3.05, 3.63) is 112 Å². The Kier molecular flexibility index (Phi) is 6.66. The molecule has 5 heteroatoms. The van der Waals surface area contributed by atoms with Gasteiger partial charge >= 0.3 is 0 Å². The Hall–Kier alpha value is -3.37. The first-order valence-corrected chi connectivity index (χ1v) is 11.4. The number of Topliss-reactive ketones (excluding diaryl/α,β-unsaturated/α-hetero) is 1. The maximum Gasteiger partial charge on any atom is 0.295 e. The first kappa shape index (κ1) is 22.8. The van der Waals surface area contributed by atoms with Gasteiger partial charge in [-0.3, -0.25) is 9.59 Å². The highest BCUT2D eigenvalue weighted by Gasteiger charge is 2.45. The number of ketones is 1. The zero-order valence-electron chi connectivity index (χ0n) is 18.7. The van der Waals surface area contributed by atoms with Crippen molar-refractivity contribution in [3.8, 4) is 0 Å². The van der Waals surface area contributed by atoms with E-state index in [0.717, 1.165) is 16.7 Å². The third-order valence-electron chi connectivity index (χ3n) is 6.06. The summed E-state index contributed by atoms with van der Waals surface area (Å²) in [6, 6.07) is 23.7. The van der Waals surface area contributed by atoms with Crippen LogP contribution >= 0.6 is 11.6 Å². The van der Waals surface area contributed by atoms with E-state index in [1.165, 1.54) is 0 Å². The van der Waals surface area contributed by atoms with E-state index >= 15 is 0 Å². The molecule has 0 radical (unpaired) electrons. The fourth-order valence-corrected chi connectivity index (χ4v) is 4.30. The van der Waals surface area contributed by atoms with Gasteiger partial charge in [0, 0.05) is 17.1 Å². The lowest BCUT2D eigenvalue weighted by molar-refractivity contribution is -0.139. The van der Waals surface area contributed by atoms with Crippen molar-refractivity contribution in [3.63, 3.8) is 0 Å². The van der Waals surface area contributed by atoms with E-state index in [9.17, 15) is 14.7 Å². The molecule has 1 aliphatic heterocycles. The van der Waals surface area contributed by atoms with E-state index in [4.69, 9.17) is 11.6 Å². The molecule has 3 aromatic carbocycles. The van der Waals surface area contributed by atoms with Crippen molar-refractivity contribution in [1.82, 2.24) is 4.90 Å². The van der Waals surface area contributed by atoms with Crippen LogP contribution in [0, 0.1) is 0 Å². The van der Waals surface area contributed by atoms with Gasteiger partial charge in [0.15, 0.2) is 0 Å². The van der Waals surface area contributed by atoms with Gasteiger partial charge in [0.1, 0.15) is 5.76 Å². The normalized spacial score (nSPS) is 17.7. The molecule has 1 heterocycles. The van der Waals surface area contributed by atoms with Crippen molar-refractivity contribution in [2.45, 2.75) is 32.2 Å². The van der Waals surface area contributed by atoms with Gasteiger partial charge in [-0.15, -0.1) is 0 Å². The molecule has 1 unspecified atom stereocenters. The molecule has 0 saturated carbocycles. The molecule has 3 aromatic rings. The first-order chi connectivity index (χ1) is 15.9. The molecule has 1 atom stereocenters. The molecule has 1 fully saturated rings. The van der Waals surface area contributed by atoms with Crippen molar-refractivity contribution in [1.29, 1.82) is 0 Å². The highest BCUT2D eigenvalue weighted by Crippen LogP contribution is 2.40. The molecule has 1 N–H and O–H groups in total. The predicted octanol–water partition coefficient (Wildman–Crippen LogP) is 6.13. The number of aliphatic hydroxyl groups is 1. The average Bonchev–Trinajstić information content (AvgIpc) is 3.08. The maximum absolute atomic E-state index is 13.1. The Bertz CT molecular complexity index is 1180. The summed E-state index contributed by atoms with van der Waals surface area (Å²) in [5, 5.41) is 11.6. The summed E-state index contributed by atoms with van der Waals surface area (Å²) >= 11 is 5.99. The van der Waals surface area contributed by atoms with E-state index in [1.54, 1.807) is 29.2 Å². The molecule has 33 heavy (non-hydrogen) atoms. The summed E-state index contributed by atoms with van der Waals surface area (Å²) in [6.07, 6.45) is 0.607. The number of carbonyl (C=O) groups excluding carboxylic acids is 2. The summed E-state index contributed by atoms with van der Waals surface area (Å²) < 4.78 is 0. The minimum absolute atomic E-state index is 0.104. The van der Waals surface area contributed by atoms with E-state index in [1.807, 2.05) is 54.6 Å². The number of hydrogen-bond donors (Lipinski definition) is 1. The van der Waals surface area contributed by atoms with Crippen LogP contribution in [0.1, 0.15) is 48.1 Å². The Morgan fingerprint density at radius 1 is 0.939 bits per heavy atom. The van der Waals surface area contributed by atoms with Crippen LogP contribution in [0.2, 0.25) is 5.02 Å². The third-order valence-corrected chi connectivity index (χ3v) is 6.31. The maximum atomic E-state index is 13.1. The molecule has 4 rings (SSSR count). The first-order valence-electron chi connectivity index (χ1n) is 11.0. The lowest BCUT2D eigenvalue weighted by Crippen LogP contribution is -2.31. The lowest BCUT2D eigenvalue weighted by Gasteiger charge is -2.26. The number of rotatable bonds is 6. The Labute approximate surface area is 199 Å². The summed E-state index contributed by atoms with van der Waals surface area (Å²) in [6.45, 7) is 4.59. The molecule has 0 aromatic heterocycles. The van der Waals surface area contributed by atoms with Crippen LogP contribution < -0.4 is 0 Å². The zero-order chi connectivity index (χ0) is 23.5. The summed E-state index contributed by atoms with van der Waals surface area (Å²) in [7, 11) is 0. The van der Waals surface area contributed by atoms with Crippen LogP contribution in [0.15, 0.2) is 84.4 Å². The number of likely N-dealkylation sites (tertiary alicyclic amines) is 1. The van der Waals surface area contributed by atoms with Crippen LogP contribution in [0.4, 0.5) is 0 Å². The second-order valence-electron chi connectivity index (χ2n) is 8.56. The standard InChI is InChI=1S/C28H26ClNO3/c1-18(2)20-8-10-21(11-9-20)25-24(26(31)22-12-14-23(29)15-13-22)27(32)28(33)30(25)17-16-19-6-4-3-5-7-19/h3-15,18,25,31H,16-17H2,1-2H3/b26-24+. The molecule has 0 spiro atoms. The topological polar surface area (TPSA) is 57.6 Å². The van der Waals surface area contributed by atoms with Crippen molar-refractivity contribution < 1.29 is 14.7 Å². The minimum Gasteiger partial charge on any atom is -0.507 e. The third kappa shape index (κ3) is 4.71. The average molecular weight is 460 g/mol. The quantitative estimate of drug-likeness (QED) is 0.274. The smallest absolute Gasteiger partial charge is 0.295 e. The molecule has 1 aliphatic rings. The van der Waals surface area contributed by atoms with E-state index in [-0.39, 0.29) is 11.3 Å². The molecular weight excluding hydrogens is 434 g/mol. The van der Waals surface area contributed by atoms with Crippen molar-refractivity contribution in [2.75, 3.05) is 6.54 Å². The number of nitrogens with zero attached hydrogens (tertiary/aromatic N) is 1. The largest absolute Gasteiger partial charge is 0.507 e. The Morgan fingerprint density at radius 3 is 2.18 bits per heavy atom. The lowest BCUT2D eigenvalue weighted by atomic mass is 9.93. The van der Waals surface area contributed by atoms with Gasteiger partial charge in [-0.05, 0) is 53.3 Å². The highest BCUT2D eigenvalue weighted by atomic mass is 35.5. The van der Waals surface area contributed by atoms with Crippen LogP contribution in [0.25, 0.3) is 5.76 Å². The highest BCUT2D eigenvalue weighted by molar-refractivity contribution is 6.46. The zero-order valence-corrected chi connectivity index (χ0v) is 19.4. The number of benzene rings is 3. The van der Waals surface area contributed by atoms with Crippen molar-refractivity contribution in [2.24, 2.45) is 0 Å². The number of halogens is 1. The van der Waals surface area contributed by atoms with Crippen LogP contribution in [-0.4, -0.2) is 28.2 Å². The fraction of sp³-hybridized carbons (Fsp3) is 0.214. The van der Waals surface area contributed by atoms with Gasteiger partial charge in [-0.2, -0.15) is 0 Å². The second-order valence-corrected chi connectivity index (χ2v) is 8.99. The minimum atomic E-state index is -0.673. The molecule has 1 amide bonds. The van der Waals surface area contributed by atoms with Crippen LogP contribution in [0.3, 0.4) is 0 Å². The van der Waals surface area contributed by atoms with Gasteiger partial charge in [-0.25, -0.2) is 0 Å². The molecular formula is C28H26ClNO3. The van der Waals surface area contributed by atoms with Gasteiger partial charge in [0.2, 0.25) is 0 Å². The SMILES string of the molecule is CC(C)c1ccc(C2/C(=C(\O)c3ccc(Cl)cc3)C(=O)C(=O)N2CCc2ccccc2)cc1. The second kappa shape index (κ2) is 9.63. The Morgan fingerprint density at radius 2 is 1.58 bits per heavy atom. The van der Waals surface area contributed by atoms with Crippen LogP contribution in [0.5, 0.6) is 0 Å². The fourth-order valence-electron chi connectivity index (χ4n) is 4.18. The summed E-state index contributed by atoms with van der Waals surface area (Å²) in [4.78, 5) is 27.8. The summed E-state index contributed by atoms with van der Waals surface area (Å²) in [5.74, 6) is -1.10. The van der Waals surface area contributed by atoms with Gasteiger partial charge < -0.3 is 10.0 Å². The van der Waals surface area contributed by atoms with Gasteiger partial charge in [0.25, 0.3) is 11.7 Å². The Balaban J connectivity index is 1.78. The van der Waals surface area contributed by atoms with E-state index in [0.29, 0.717) is 29.5 Å².